The van der Waals surface area contributed by atoms with Crippen molar-refractivity contribution < 1.29 is 9.53 Å². The minimum Gasteiger partial charge on any atom is -0.444 e. The van der Waals surface area contributed by atoms with Gasteiger partial charge in [-0.2, -0.15) is 0 Å². The number of ether oxygens (including phenoxy) is 1. The normalized spacial score (nSPS) is 15.7. The number of nitrogens with one attached hydrogen (secondary N) is 1. The largest absolute Gasteiger partial charge is 0.444 e. The van der Waals surface area contributed by atoms with Crippen molar-refractivity contribution in [2.45, 2.75) is 32.8 Å². The number of para-hydroxylation sites is 1. The van der Waals surface area contributed by atoms with Gasteiger partial charge in [-0.25, -0.2) is 4.79 Å². The van der Waals surface area contributed by atoms with Crippen molar-refractivity contribution in [3.05, 3.63) is 40.5 Å². The molecule has 1 aliphatic heterocycles. The smallest absolute Gasteiger partial charge is 0.410 e. The second kappa shape index (κ2) is 6.04. The molecule has 1 N–H and O–H groups in total. The maximum absolute atomic E-state index is 12.1. The molecule has 0 saturated carbocycles. The van der Waals surface area contributed by atoms with Crippen LogP contribution in [-0.2, 0) is 4.74 Å². The van der Waals surface area contributed by atoms with Crippen molar-refractivity contribution in [2.75, 3.05) is 13.1 Å². The second-order valence-corrected chi connectivity index (χ2v) is 7.62. The maximum atomic E-state index is 12.1. The lowest BCUT2D eigenvalue weighted by Crippen LogP contribution is -2.39. The average molecular weight is 377 g/mol. The van der Waals surface area contributed by atoms with Crippen LogP contribution >= 0.6 is 15.9 Å². The van der Waals surface area contributed by atoms with Gasteiger partial charge in [-0.05, 0) is 54.8 Å². The van der Waals surface area contributed by atoms with E-state index in [1.807, 2.05) is 39.1 Å². The number of benzene rings is 1. The number of H-pyrrole nitrogens is 1. The fourth-order valence-electron chi connectivity index (χ4n) is 2.79. The van der Waals surface area contributed by atoms with Crippen LogP contribution in [0.2, 0.25) is 0 Å². The third-order valence-corrected chi connectivity index (χ3v) is 4.53. The van der Waals surface area contributed by atoms with E-state index in [9.17, 15) is 4.79 Å². The summed E-state index contributed by atoms with van der Waals surface area (Å²) in [5.74, 6) is 0. The number of amides is 1. The molecule has 1 aliphatic rings. The molecule has 0 radical (unpaired) electrons. The van der Waals surface area contributed by atoms with Crippen molar-refractivity contribution in [3.63, 3.8) is 0 Å². The zero-order valence-electron chi connectivity index (χ0n) is 13.6. The van der Waals surface area contributed by atoms with E-state index in [1.165, 1.54) is 16.5 Å². The van der Waals surface area contributed by atoms with Crippen LogP contribution in [0.3, 0.4) is 0 Å². The first-order chi connectivity index (χ1) is 10.8. The van der Waals surface area contributed by atoms with Crippen LogP contribution in [0.5, 0.6) is 0 Å². The summed E-state index contributed by atoms with van der Waals surface area (Å²) in [7, 11) is 0. The molecule has 0 unspecified atom stereocenters. The number of hydrogen-bond donors (Lipinski definition) is 1. The highest BCUT2D eigenvalue weighted by atomic mass is 79.9. The third kappa shape index (κ3) is 3.44. The highest BCUT2D eigenvalue weighted by Gasteiger charge is 2.24. The molecule has 3 rings (SSSR count). The number of rotatable bonds is 1. The van der Waals surface area contributed by atoms with Gasteiger partial charge >= 0.3 is 6.09 Å². The summed E-state index contributed by atoms with van der Waals surface area (Å²) in [6.45, 7) is 6.94. The Hall–Kier alpha value is -1.75. The van der Waals surface area contributed by atoms with Crippen LogP contribution in [-0.4, -0.2) is 34.7 Å². The summed E-state index contributed by atoms with van der Waals surface area (Å²) in [6.07, 6.45) is 4.76. The number of halogens is 1. The van der Waals surface area contributed by atoms with Gasteiger partial charge in [0, 0.05) is 34.7 Å². The Kier molecular flexibility index (Phi) is 4.23. The summed E-state index contributed by atoms with van der Waals surface area (Å²) in [5, 5.41) is 1.20. The van der Waals surface area contributed by atoms with E-state index in [0.717, 1.165) is 16.4 Å². The molecule has 0 spiro atoms. The number of fused-ring (bicyclic) bond motifs is 1. The lowest BCUT2D eigenvalue weighted by molar-refractivity contribution is 0.0270. The minimum atomic E-state index is -0.454. The lowest BCUT2D eigenvalue weighted by atomic mass is 9.99. The lowest BCUT2D eigenvalue weighted by Gasteiger charge is -2.29. The first-order valence-electron chi connectivity index (χ1n) is 7.78. The molecule has 1 amide bonds. The Morgan fingerprint density at radius 3 is 2.78 bits per heavy atom. The Labute approximate surface area is 144 Å². The first-order valence-corrected chi connectivity index (χ1v) is 8.57. The molecule has 1 aromatic carbocycles. The standard InChI is InChI=1S/C18H21BrN2O2/c1-18(2,3)23-17(22)21-9-7-12(8-10-21)14-11-20-16-13(14)5-4-6-15(16)19/h4-7,11,20H,8-10H2,1-3H3. The van der Waals surface area contributed by atoms with Crippen LogP contribution in [0.4, 0.5) is 4.79 Å². The monoisotopic (exact) mass is 376 g/mol. The topological polar surface area (TPSA) is 45.3 Å². The molecular formula is C18H21BrN2O2. The zero-order valence-corrected chi connectivity index (χ0v) is 15.2. The summed E-state index contributed by atoms with van der Waals surface area (Å²) in [4.78, 5) is 17.2. The molecular weight excluding hydrogens is 356 g/mol. The number of hydrogen-bond acceptors (Lipinski definition) is 2. The van der Waals surface area contributed by atoms with Gasteiger partial charge in [0.05, 0.1) is 5.52 Å². The molecule has 2 heterocycles. The van der Waals surface area contributed by atoms with Crippen molar-refractivity contribution in [1.82, 2.24) is 9.88 Å². The molecule has 23 heavy (non-hydrogen) atoms. The Morgan fingerprint density at radius 2 is 2.13 bits per heavy atom. The highest BCUT2D eigenvalue weighted by molar-refractivity contribution is 9.10. The van der Waals surface area contributed by atoms with Gasteiger partial charge in [-0.3, -0.25) is 0 Å². The molecule has 0 bridgehead atoms. The Morgan fingerprint density at radius 1 is 1.35 bits per heavy atom. The van der Waals surface area contributed by atoms with Gasteiger partial charge in [0.15, 0.2) is 0 Å². The molecule has 2 aromatic rings. The minimum absolute atomic E-state index is 0.241. The van der Waals surface area contributed by atoms with Crippen LogP contribution in [0, 0.1) is 0 Å². The van der Waals surface area contributed by atoms with Gasteiger partial charge in [0.25, 0.3) is 0 Å². The van der Waals surface area contributed by atoms with Gasteiger partial charge in [0.1, 0.15) is 5.60 Å². The Balaban J connectivity index is 1.79. The van der Waals surface area contributed by atoms with Gasteiger partial charge < -0.3 is 14.6 Å². The highest BCUT2D eigenvalue weighted by Crippen LogP contribution is 2.32. The zero-order chi connectivity index (χ0) is 16.6. The average Bonchev–Trinajstić information content (AvgIpc) is 2.91. The van der Waals surface area contributed by atoms with Crippen molar-refractivity contribution >= 4 is 38.5 Å². The van der Waals surface area contributed by atoms with E-state index in [2.05, 4.69) is 33.1 Å². The van der Waals surface area contributed by atoms with Crippen LogP contribution in [0.15, 0.2) is 34.9 Å². The van der Waals surface area contributed by atoms with Gasteiger partial charge in [0.2, 0.25) is 0 Å². The SMILES string of the molecule is CC(C)(C)OC(=O)N1CC=C(c2c[nH]c3c(Br)cccc23)CC1. The summed E-state index contributed by atoms with van der Waals surface area (Å²) in [6, 6.07) is 6.19. The number of aromatic amines is 1. The van der Waals surface area contributed by atoms with E-state index >= 15 is 0 Å². The third-order valence-electron chi connectivity index (χ3n) is 3.87. The fraction of sp³-hybridized carbons (Fsp3) is 0.389. The molecule has 0 saturated heterocycles. The van der Waals surface area contributed by atoms with Gasteiger partial charge in [-0.1, -0.05) is 18.2 Å². The summed E-state index contributed by atoms with van der Waals surface area (Å²) < 4.78 is 6.50. The van der Waals surface area contributed by atoms with Crippen LogP contribution in [0.1, 0.15) is 32.8 Å². The second-order valence-electron chi connectivity index (χ2n) is 6.77. The van der Waals surface area contributed by atoms with E-state index < -0.39 is 5.60 Å². The van der Waals surface area contributed by atoms with Crippen LogP contribution < -0.4 is 0 Å². The number of aromatic nitrogens is 1. The van der Waals surface area contributed by atoms with E-state index in [4.69, 9.17) is 4.74 Å². The van der Waals surface area contributed by atoms with E-state index in [1.54, 1.807) is 4.90 Å². The number of carbonyl (C=O) groups is 1. The van der Waals surface area contributed by atoms with E-state index in [-0.39, 0.29) is 6.09 Å². The maximum Gasteiger partial charge on any atom is 0.410 e. The van der Waals surface area contributed by atoms with Crippen LogP contribution in [0.25, 0.3) is 16.5 Å². The fourth-order valence-corrected chi connectivity index (χ4v) is 3.27. The molecule has 122 valence electrons. The van der Waals surface area contributed by atoms with Crippen molar-refractivity contribution in [3.8, 4) is 0 Å². The quantitative estimate of drug-likeness (QED) is 0.764. The first kappa shape index (κ1) is 16.1. The van der Waals surface area contributed by atoms with Gasteiger partial charge in [-0.15, -0.1) is 0 Å². The van der Waals surface area contributed by atoms with Crippen molar-refractivity contribution in [2.24, 2.45) is 0 Å². The number of nitrogens with zero attached hydrogens (tertiary/aromatic N) is 1. The van der Waals surface area contributed by atoms with Crippen molar-refractivity contribution in [1.29, 1.82) is 0 Å². The molecule has 1 aromatic heterocycles. The molecule has 0 aliphatic carbocycles. The summed E-state index contributed by atoms with van der Waals surface area (Å²) >= 11 is 3.57. The predicted molar refractivity (Wildman–Crippen MR) is 96.4 cm³/mol. The Bertz CT molecular complexity index is 771. The number of carbonyl (C=O) groups excluding carboxylic acids is 1. The molecule has 0 fully saturated rings. The predicted octanol–water partition coefficient (Wildman–Crippen LogP) is 4.95. The van der Waals surface area contributed by atoms with E-state index in [0.29, 0.717) is 13.1 Å². The molecule has 5 heteroatoms. The molecule has 0 atom stereocenters. The summed E-state index contributed by atoms with van der Waals surface area (Å²) in [5.41, 5.74) is 3.14. The molecule has 4 nitrogen and oxygen atoms in total.